The maximum absolute atomic E-state index is 12.3. The molecule has 0 bridgehead atoms. The number of ether oxygens (including phenoxy) is 1. The standard InChI is InChI=1S/C20H23NO4/c1-13(2)21-14(3)11-17(15(21)4)7-10-19(22)16-5-8-18(9-6-16)25-12-20(23)24/h5-11,13H,12H2,1-4H3,(H,23,24)/b10-7+. The van der Waals surface area contributed by atoms with Crippen molar-refractivity contribution in [2.24, 2.45) is 0 Å². The first kappa shape index (κ1) is 18.5. The molecule has 0 aliphatic heterocycles. The molecule has 25 heavy (non-hydrogen) atoms. The van der Waals surface area contributed by atoms with Crippen LogP contribution in [0.15, 0.2) is 36.4 Å². The molecular formula is C20H23NO4. The number of aliphatic carboxylic acids is 1. The molecule has 2 aromatic rings. The summed E-state index contributed by atoms with van der Waals surface area (Å²) < 4.78 is 7.29. The fourth-order valence-electron chi connectivity index (χ4n) is 2.89. The Morgan fingerprint density at radius 1 is 1.20 bits per heavy atom. The lowest BCUT2D eigenvalue weighted by molar-refractivity contribution is -0.139. The molecule has 0 atom stereocenters. The van der Waals surface area contributed by atoms with E-state index in [0.29, 0.717) is 17.4 Å². The quantitative estimate of drug-likeness (QED) is 0.609. The summed E-state index contributed by atoms with van der Waals surface area (Å²) in [7, 11) is 0. The number of aromatic nitrogens is 1. The van der Waals surface area contributed by atoms with Gasteiger partial charge in [0.2, 0.25) is 0 Å². The van der Waals surface area contributed by atoms with E-state index in [1.807, 2.05) is 13.0 Å². The number of benzene rings is 1. The Morgan fingerprint density at radius 2 is 1.84 bits per heavy atom. The van der Waals surface area contributed by atoms with Gasteiger partial charge in [-0.2, -0.15) is 0 Å². The number of nitrogens with zero attached hydrogens (tertiary/aromatic N) is 1. The smallest absolute Gasteiger partial charge is 0.341 e. The average Bonchev–Trinajstić information content (AvgIpc) is 2.85. The molecule has 0 saturated carbocycles. The molecule has 0 spiro atoms. The number of ketones is 1. The molecular weight excluding hydrogens is 318 g/mol. The molecule has 0 aliphatic rings. The molecule has 0 fully saturated rings. The number of carbonyl (C=O) groups excluding carboxylic acids is 1. The Morgan fingerprint density at radius 3 is 2.36 bits per heavy atom. The Kier molecular flexibility index (Phi) is 5.80. The molecule has 1 aromatic heterocycles. The molecule has 0 radical (unpaired) electrons. The largest absolute Gasteiger partial charge is 0.482 e. The fraction of sp³-hybridized carbons (Fsp3) is 0.300. The third-order valence-electron chi connectivity index (χ3n) is 3.96. The number of aryl methyl sites for hydroxylation is 1. The Balaban J connectivity index is 2.10. The van der Waals surface area contributed by atoms with Crippen molar-refractivity contribution in [1.29, 1.82) is 0 Å². The molecule has 5 heteroatoms. The van der Waals surface area contributed by atoms with Gasteiger partial charge < -0.3 is 14.4 Å². The first-order valence-electron chi connectivity index (χ1n) is 8.15. The van der Waals surface area contributed by atoms with Gasteiger partial charge in [0.25, 0.3) is 0 Å². The van der Waals surface area contributed by atoms with E-state index in [-0.39, 0.29) is 5.78 Å². The second-order valence-electron chi connectivity index (χ2n) is 6.19. The third-order valence-corrected chi connectivity index (χ3v) is 3.96. The minimum Gasteiger partial charge on any atom is -0.482 e. The van der Waals surface area contributed by atoms with E-state index in [9.17, 15) is 9.59 Å². The number of hydrogen-bond acceptors (Lipinski definition) is 3. The summed E-state index contributed by atoms with van der Waals surface area (Å²) in [6, 6.07) is 8.88. The first-order chi connectivity index (χ1) is 11.8. The highest BCUT2D eigenvalue weighted by atomic mass is 16.5. The number of carboxylic acid groups (broad SMARTS) is 1. The van der Waals surface area contributed by atoms with Gasteiger partial charge in [-0.3, -0.25) is 4.79 Å². The summed E-state index contributed by atoms with van der Waals surface area (Å²) >= 11 is 0. The third kappa shape index (κ3) is 4.59. The van der Waals surface area contributed by atoms with E-state index in [0.717, 1.165) is 11.3 Å². The van der Waals surface area contributed by atoms with Crippen molar-refractivity contribution in [2.75, 3.05) is 6.61 Å². The van der Waals surface area contributed by atoms with Crippen molar-refractivity contribution in [3.63, 3.8) is 0 Å². The Hall–Kier alpha value is -2.82. The zero-order valence-electron chi connectivity index (χ0n) is 14.9. The summed E-state index contributed by atoms with van der Waals surface area (Å²) in [4.78, 5) is 22.8. The average molecular weight is 341 g/mol. The Bertz CT molecular complexity index is 798. The normalized spacial score (nSPS) is 11.2. The van der Waals surface area contributed by atoms with Gasteiger partial charge in [0.1, 0.15) is 5.75 Å². The van der Waals surface area contributed by atoms with E-state index in [2.05, 4.69) is 31.4 Å². The molecule has 2 rings (SSSR count). The van der Waals surface area contributed by atoms with E-state index < -0.39 is 12.6 Å². The molecule has 1 N–H and O–H groups in total. The monoisotopic (exact) mass is 341 g/mol. The van der Waals surface area contributed by atoms with Crippen LogP contribution in [0.1, 0.15) is 47.2 Å². The van der Waals surface area contributed by atoms with Crippen LogP contribution in [0, 0.1) is 13.8 Å². The maximum Gasteiger partial charge on any atom is 0.341 e. The SMILES string of the molecule is Cc1cc(/C=C/C(=O)c2ccc(OCC(=O)O)cc2)c(C)n1C(C)C. The van der Waals surface area contributed by atoms with E-state index >= 15 is 0 Å². The molecule has 132 valence electrons. The van der Waals surface area contributed by atoms with Crippen molar-refractivity contribution >= 4 is 17.8 Å². The highest BCUT2D eigenvalue weighted by molar-refractivity contribution is 6.06. The van der Waals surface area contributed by atoms with Gasteiger partial charge in [-0.05, 0) is 75.7 Å². The second-order valence-corrected chi connectivity index (χ2v) is 6.19. The number of carboxylic acids is 1. The topological polar surface area (TPSA) is 68.5 Å². The van der Waals surface area contributed by atoms with Gasteiger partial charge in [-0.25, -0.2) is 4.79 Å². The van der Waals surface area contributed by atoms with Crippen LogP contribution in [-0.2, 0) is 4.79 Å². The summed E-state index contributed by atoms with van der Waals surface area (Å²) in [5.74, 6) is -0.732. The van der Waals surface area contributed by atoms with Gasteiger partial charge >= 0.3 is 5.97 Å². The highest BCUT2D eigenvalue weighted by Gasteiger charge is 2.10. The van der Waals surface area contributed by atoms with Crippen molar-refractivity contribution in [1.82, 2.24) is 4.57 Å². The van der Waals surface area contributed by atoms with Crippen LogP contribution >= 0.6 is 0 Å². The molecule has 0 amide bonds. The van der Waals surface area contributed by atoms with Crippen LogP contribution in [0.25, 0.3) is 6.08 Å². The van der Waals surface area contributed by atoms with E-state index in [4.69, 9.17) is 9.84 Å². The van der Waals surface area contributed by atoms with Crippen molar-refractivity contribution in [2.45, 2.75) is 33.7 Å². The summed E-state index contributed by atoms with van der Waals surface area (Å²) in [5, 5.41) is 8.58. The van der Waals surface area contributed by atoms with E-state index in [1.165, 1.54) is 5.69 Å². The maximum atomic E-state index is 12.3. The fourth-order valence-corrected chi connectivity index (χ4v) is 2.89. The van der Waals surface area contributed by atoms with Crippen LogP contribution in [0.5, 0.6) is 5.75 Å². The van der Waals surface area contributed by atoms with Crippen molar-refractivity contribution in [3.8, 4) is 5.75 Å². The van der Waals surface area contributed by atoms with E-state index in [1.54, 1.807) is 30.3 Å². The zero-order valence-corrected chi connectivity index (χ0v) is 14.9. The van der Waals surface area contributed by atoms with Crippen LogP contribution in [0.2, 0.25) is 0 Å². The molecule has 5 nitrogen and oxygen atoms in total. The minimum absolute atomic E-state index is 0.112. The highest BCUT2D eigenvalue weighted by Crippen LogP contribution is 2.21. The van der Waals surface area contributed by atoms with Crippen LogP contribution in [-0.4, -0.2) is 28.0 Å². The molecule has 1 aromatic carbocycles. The molecule has 0 saturated heterocycles. The van der Waals surface area contributed by atoms with Gasteiger partial charge in [0.15, 0.2) is 12.4 Å². The van der Waals surface area contributed by atoms with Gasteiger partial charge in [-0.15, -0.1) is 0 Å². The predicted octanol–water partition coefficient (Wildman–Crippen LogP) is 4.05. The van der Waals surface area contributed by atoms with Crippen LogP contribution in [0.4, 0.5) is 0 Å². The Labute approximate surface area is 147 Å². The van der Waals surface area contributed by atoms with Crippen LogP contribution in [0.3, 0.4) is 0 Å². The minimum atomic E-state index is -1.04. The lowest BCUT2D eigenvalue weighted by atomic mass is 10.1. The van der Waals surface area contributed by atoms with Crippen molar-refractivity contribution < 1.29 is 19.4 Å². The zero-order chi connectivity index (χ0) is 18.6. The number of rotatable bonds is 7. The van der Waals surface area contributed by atoms with Gasteiger partial charge in [0, 0.05) is 23.0 Å². The van der Waals surface area contributed by atoms with Gasteiger partial charge in [0.05, 0.1) is 0 Å². The predicted molar refractivity (Wildman–Crippen MR) is 97.2 cm³/mol. The van der Waals surface area contributed by atoms with Crippen molar-refractivity contribution in [3.05, 3.63) is 58.9 Å². The number of allylic oxidation sites excluding steroid dienone is 1. The number of carbonyl (C=O) groups is 2. The lowest BCUT2D eigenvalue weighted by Gasteiger charge is -2.13. The molecule has 1 heterocycles. The summed E-state index contributed by atoms with van der Waals surface area (Å²) in [6.45, 7) is 7.96. The molecule has 0 aliphatic carbocycles. The lowest BCUT2D eigenvalue weighted by Crippen LogP contribution is -2.09. The first-order valence-corrected chi connectivity index (χ1v) is 8.15. The number of hydrogen-bond donors (Lipinski definition) is 1. The molecule has 0 unspecified atom stereocenters. The second kappa shape index (κ2) is 7.83. The summed E-state index contributed by atoms with van der Waals surface area (Å²) in [5.41, 5.74) is 3.85. The van der Waals surface area contributed by atoms with Crippen LogP contribution < -0.4 is 4.74 Å². The summed E-state index contributed by atoms with van der Waals surface area (Å²) in [6.07, 6.45) is 3.39. The van der Waals surface area contributed by atoms with Gasteiger partial charge in [-0.1, -0.05) is 0 Å².